The van der Waals surface area contributed by atoms with Gasteiger partial charge in [-0.05, 0) is 109 Å². The van der Waals surface area contributed by atoms with Gasteiger partial charge in [-0.2, -0.15) is 0 Å². The summed E-state index contributed by atoms with van der Waals surface area (Å²) in [5.74, 6) is 0. The van der Waals surface area contributed by atoms with Crippen LogP contribution in [0.5, 0.6) is 0 Å². The Labute approximate surface area is 195 Å². The fraction of sp³-hybridized carbons (Fsp3) is 1.00. The van der Waals surface area contributed by atoms with Gasteiger partial charge < -0.3 is 9.80 Å². The van der Waals surface area contributed by atoms with Crippen molar-refractivity contribution in [1.82, 2.24) is 14.7 Å². The predicted molar refractivity (Wildman–Crippen MR) is 144 cm³/mol. The Morgan fingerprint density at radius 3 is 0.733 bits per heavy atom. The lowest BCUT2D eigenvalue weighted by molar-refractivity contribution is 0.153. The second-order valence-corrected chi connectivity index (χ2v) is 12.5. The van der Waals surface area contributed by atoms with Crippen molar-refractivity contribution in [3.8, 4) is 0 Å². The van der Waals surface area contributed by atoms with Crippen molar-refractivity contribution in [3.05, 3.63) is 0 Å². The van der Waals surface area contributed by atoms with E-state index in [0.29, 0.717) is 22.0 Å². The van der Waals surface area contributed by atoms with Crippen LogP contribution in [0.1, 0.15) is 117 Å². The molecule has 0 aromatic heterocycles. The Bertz CT molecular complexity index is 356. The molecular formula is C27H65N3. The molecule has 0 aliphatic carbocycles. The van der Waals surface area contributed by atoms with E-state index in [4.69, 9.17) is 0 Å². The summed E-state index contributed by atoms with van der Waals surface area (Å²) in [5, 5.41) is 0. The maximum Gasteiger partial charge on any atom is 0.0124 e. The summed E-state index contributed by atoms with van der Waals surface area (Å²) in [6, 6.07) is 0. The first-order valence-corrected chi connectivity index (χ1v) is 12.1. The molecule has 0 unspecified atom stereocenters. The lowest BCUT2D eigenvalue weighted by Crippen LogP contribution is -2.40. The summed E-state index contributed by atoms with van der Waals surface area (Å²) in [6.45, 7) is 38.9. The largest absolute Gasteiger partial charge is 0.305 e. The van der Waals surface area contributed by atoms with Crippen molar-refractivity contribution in [2.45, 2.75) is 134 Å². The second-order valence-electron chi connectivity index (χ2n) is 12.5. The van der Waals surface area contributed by atoms with Gasteiger partial charge in [0.05, 0.1) is 0 Å². The Morgan fingerprint density at radius 2 is 0.733 bits per heavy atom. The van der Waals surface area contributed by atoms with Crippen LogP contribution in [0.25, 0.3) is 0 Å². The summed E-state index contributed by atoms with van der Waals surface area (Å²) in [4.78, 5) is 6.94. The zero-order chi connectivity index (χ0) is 25.6. The van der Waals surface area contributed by atoms with Gasteiger partial charge >= 0.3 is 0 Å². The molecule has 0 fully saturated rings. The third-order valence-corrected chi connectivity index (χ3v) is 5.73. The van der Waals surface area contributed by atoms with Crippen LogP contribution in [0.2, 0.25) is 0 Å². The van der Waals surface area contributed by atoms with Gasteiger partial charge in [0.2, 0.25) is 0 Å². The summed E-state index contributed by atoms with van der Waals surface area (Å²) in [7, 11) is 6.31. The smallest absolute Gasteiger partial charge is 0.0124 e. The topological polar surface area (TPSA) is 9.72 Å². The molecule has 0 saturated heterocycles. The SMILES string of the molecule is CCC(C)(C)C.CCN(C)C(C)(C)C.CCN(CC)C(C)(C)C.CN(C)C(C)(C)C. The van der Waals surface area contributed by atoms with Crippen LogP contribution in [-0.4, -0.2) is 72.1 Å². The molecule has 188 valence electrons. The molecule has 0 saturated carbocycles. The van der Waals surface area contributed by atoms with E-state index >= 15 is 0 Å². The Balaban J connectivity index is -0.000000152. The molecule has 3 nitrogen and oxygen atoms in total. The van der Waals surface area contributed by atoms with E-state index in [1.807, 2.05) is 0 Å². The number of nitrogens with zero attached hydrogens (tertiary/aromatic N) is 3. The highest BCUT2D eigenvalue weighted by molar-refractivity contribution is 4.73. The normalized spacial score (nSPS) is 12.6. The molecule has 0 bridgehead atoms. The minimum atomic E-state index is 0.333. The van der Waals surface area contributed by atoms with Gasteiger partial charge in [-0.3, -0.25) is 4.90 Å². The van der Waals surface area contributed by atoms with Crippen LogP contribution in [-0.2, 0) is 0 Å². The lowest BCUT2D eigenvalue weighted by atomic mass is 9.94. The molecule has 0 aromatic rings. The molecule has 0 amide bonds. The molecule has 0 aromatic carbocycles. The van der Waals surface area contributed by atoms with Crippen LogP contribution < -0.4 is 0 Å². The monoisotopic (exact) mass is 432 g/mol. The molecule has 0 aliphatic rings. The summed E-state index contributed by atoms with van der Waals surface area (Å²) in [6.07, 6.45) is 1.27. The van der Waals surface area contributed by atoms with Gasteiger partial charge in [0.15, 0.2) is 0 Å². The van der Waals surface area contributed by atoms with E-state index in [1.54, 1.807) is 0 Å². The molecular weight excluding hydrogens is 366 g/mol. The van der Waals surface area contributed by atoms with Crippen LogP contribution in [0.15, 0.2) is 0 Å². The van der Waals surface area contributed by atoms with E-state index in [-0.39, 0.29) is 0 Å². The fourth-order valence-electron chi connectivity index (χ4n) is 1.65. The highest BCUT2D eigenvalue weighted by Crippen LogP contribution is 2.16. The van der Waals surface area contributed by atoms with E-state index in [1.165, 1.54) is 6.42 Å². The minimum absolute atomic E-state index is 0.333. The average Bonchev–Trinajstić information content (AvgIpc) is 2.53. The van der Waals surface area contributed by atoms with Crippen molar-refractivity contribution in [2.24, 2.45) is 5.41 Å². The van der Waals surface area contributed by atoms with Crippen molar-refractivity contribution in [2.75, 3.05) is 40.8 Å². The molecule has 0 heterocycles. The molecule has 0 rings (SSSR count). The highest BCUT2D eigenvalue weighted by atomic mass is 15.2. The Kier molecular flexibility index (Phi) is 20.5. The quantitative estimate of drug-likeness (QED) is 0.454. The second kappa shape index (κ2) is 16.5. The number of rotatable bonds is 3. The van der Waals surface area contributed by atoms with Crippen molar-refractivity contribution in [1.29, 1.82) is 0 Å². The van der Waals surface area contributed by atoms with Gasteiger partial charge in [0, 0.05) is 16.6 Å². The van der Waals surface area contributed by atoms with E-state index in [0.717, 1.165) is 19.6 Å². The first-order chi connectivity index (χ1) is 13.0. The molecule has 30 heavy (non-hydrogen) atoms. The Morgan fingerprint density at radius 1 is 0.467 bits per heavy atom. The van der Waals surface area contributed by atoms with Gasteiger partial charge in [-0.25, -0.2) is 0 Å². The van der Waals surface area contributed by atoms with Crippen LogP contribution in [0.3, 0.4) is 0 Å². The fourth-order valence-corrected chi connectivity index (χ4v) is 1.65. The van der Waals surface area contributed by atoms with Crippen LogP contribution >= 0.6 is 0 Å². The van der Waals surface area contributed by atoms with Crippen molar-refractivity contribution >= 4 is 0 Å². The maximum absolute atomic E-state index is 2.44. The molecule has 0 atom stereocenters. The number of hydrogen-bond acceptors (Lipinski definition) is 3. The van der Waals surface area contributed by atoms with Gasteiger partial charge in [0.25, 0.3) is 0 Å². The molecule has 0 N–H and O–H groups in total. The molecule has 3 heteroatoms. The number of hydrogen-bond donors (Lipinski definition) is 0. The van der Waals surface area contributed by atoms with Crippen molar-refractivity contribution < 1.29 is 0 Å². The van der Waals surface area contributed by atoms with Crippen LogP contribution in [0.4, 0.5) is 0 Å². The van der Waals surface area contributed by atoms with E-state index in [9.17, 15) is 0 Å². The average molecular weight is 432 g/mol. The molecule has 0 spiro atoms. The van der Waals surface area contributed by atoms with E-state index in [2.05, 4.69) is 147 Å². The summed E-state index contributed by atoms with van der Waals surface area (Å²) < 4.78 is 0. The lowest BCUT2D eigenvalue weighted by Gasteiger charge is -2.33. The summed E-state index contributed by atoms with van der Waals surface area (Å²) >= 11 is 0. The maximum atomic E-state index is 2.44. The van der Waals surface area contributed by atoms with E-state index < -0.39 is 0 Å². The third kappa shape index (κ3) is 27.9. The minimum Gasteiger partial charge on any atom is -0.305 e. The first kappa shape index (κ1) is 37.2. The predicted octanol–water partition coefficient (Wildman–Crippen LogP) is 7.65. The van der Waals surface area contributed by atoms with Gasteiger partial charge in [0.1, 0.15) is 0 Å². The Hall–Kier alpha value is -0.120. The third-order valence-electron chi connectivity index (χ3n) is 5.73. The zero-order valence-electron chi connectivity index (χ0n) is 25.2. The highest BCUT2D eigenvalue weighted by Gasteiger charge is 2.16. The molecule has 0 aliphatic heterocycles. The van der Waals surface area contributed by atoms with Gasteiger partial charge in [-0.1, -0.05) is 54.9 Å². The van der Waals surface area contributed by atoms with Gasteiger partial charge in [-0.15, -0.1) is 0 Å². The first-order valence-electron chi connectivity index (χ1n) is 12.1. The standard InChI is InChI=1S/C8H19N.C7H17N.C6H15N.C6H14/c1-6-9(7-2)8(3,4)5;1-6-8(5)7(2,3)4;1-6(2,3)7(4)5;1-5-6(2,3)4/h6-7H2,1-5H3;6H2,1-5H3;1-5H3;5H2,1-4H3. The zero-order valence-corrected chi connectivity index (χ0v) is 25.2. The van der Waals surface area contributed by atoms with Crippen LogP contribution in [0, 0.1) is 5.41 Å². The van der Waals surface area contributed by atoms with Crippen molar-refractivity contribution in [3.63, 3.8) is 0 Å². The molecule has 0 radical (unpaired) electrons. The summed E-state index contributed by atoms with van der Waals surface area (Å²) in [5.41, 5.74) is 1.57.